The topological polar surface area (TPSA) is 69.5 Å². The summed E-state index contributed by atoms with van der Waals surface area (Å²) in [5, 5.41) is 4.16. The van der Waals surface area contributed by atoms with Gasteiger partial charge < -0.3 is 14.4 Å². The van der Waals surface area contributed by atoms with Gasteiger partial charge in [0.2, 0.25) is 6.79 Å². The van der Waals surface area contributed by atoms with Gasteiger partial charge in [0, 0.05) is 42.3 Å². The molecule has 172 valence electrons. The van der Waals surface area contributed by atoms with Gasteiger partial charge in [-0.3, -0.25) is 9.78 Å². The first-order chi connectivity index (χ1) is 16.3. The molecule has 1 aliphatic rings. The van der Waals surface area contributed by atoms with Gasteiger partial charge in [-0.2, -0.15) is 18.3 Å². The number of carbonyl (C=O) groups is 1. The summed E-state index contributed by atoms with van der Waals surface area (Å²) in [6, 6.07) is 15.2. The predicted molar refractivity (Wildman–Crippen MR) is 117 cm³/mol. The van der Waals surface area contributed by atoms with E-state index in [-0.39, 0.29) is 23.7 Å². The molecule has 0 N–H and O–H groups in total. The van der Waals surface area contributed by atoms with Crippen LogP contribution in [0, 0.1) is 0 Å². The van der Waals surface area contributed by atoms with E-state index in [2.05, 4.69) is 10.1 Å². The number of halogens is 3. The second-order valence-corrected chi connectivity index (χ2v) is 7.52. The quantitative estimate of drug-likeness (QED) is 0.425. The molecule has 3 heterocycles. The van der Waals surface area contributed by atoms with Gasteiger partial charge in [0.15, 0.2) is 11.5 Å². The molecule has 2 aromatic carbocycles. The smallest absolute Gasteiger partial charge is 0.433 e. The number of nitrogens with zero attached hydrogens (tertiary/aromatic N) is 4. The van der Waals surface area contributed by atoms with Crippen LogP contribution in [0.5, 0.6) is 11.5 Å². The zero-order valence-corrected chi connectivity index (χ0v) is 17.8. The number of anilines is 1. The molecule has 1 aliphatic heterocycles. The molecule has 0 bridgehead atoms. The van der Waals surface area contributed by atoms with E-state index in [0.29, 0.717) is 22.7 Å². The van der Waals surface area contributed by atoms with Crippen LogP contribution in [0.2, 0.25) is 0 Å². The van der Waals surface area contributed by atoms with Gasteiger partial charge in [0.1, 0.15) is 5.69 Å². The Morgan fingerprint density at radius 1 is 1.03 bits per heavy atom. The summed E-state index contributed by atoms with van der Waals surface area (Å²) < 4.78 is 52.9. The van der Waals surface area contributed by atoms with Crippen molar-refractivity contribution in [1.82, 2.24) is 14.8 Å². The van der Waals surface area contributed by atoms with Crippen LogP contribution in [0.1, 0.15) is 16.1 Å². The number of amides is 1. The third-order valence-electron chi connectivity index (χ3n) is 5.34. The molecule has 0 unspecified atom stereocenters. The Hall–Kier alpha value is -4.34. The van der Waals surface area contributed by atoms with Crippen molar-refractivity contribution < 1.29 is 27.4 Å². The molecule has 0 spiro atoms. The average Bonchev–Trinajstić information content (AvgIpc) is 3.51. The highest BCUT2D eigenvalue weighted by Gasteiger charge is 2.36. The van der Waals surface area contributed by atoms with Crippen molar-refractivity contribution in [2.75, 3.05) is 18.7 Å². The minimum Gasteiger partial charge on any atom is -0.454 e. The van der Waals surface area contributed by atoms with E-state index < -0.39 is 17.8 Å². The fourth-order valence-electron chi connectivity index (χ4n) is 3.61. The normalized spacial score (nSPS) is 12.6. The van der Waals surface area contributed by atoms with Gasteiger partial charge in [0.05, 0.1) is 11.4 Å². The van der Waals surface area contributed by atoms with Crippen molar-refractivity contribution >= 4 is 11.6 Å². The third-order valence-corrected chi connectivity index (χ3v) is 5.34. The van der Waals surface area contributed by atoms with E-state index in [4.69, 9.17) is 9.47 Å². The van der Waals surface area contributed by atoms with Crippen LogP contribution >= 0.6 is 0 Å². The Morgan fingerprint density at radius 3 is 2.62 bits per heavy atom. The number of benzene rings is 2. The molecule has 0 radical (unpaired) electrons. The first kappa shape index (κ1) is 21.5. The van der Waals surface area contributed by atoms with Gasteiger partial charge in [-0.25, -0.2) is 4.68 Å². The van der Waals surface area contributed by atoms with E-state index in [9.17, 15) is 18.0 Å². The van der Waals surface area contributed by atoms with Crippen molar-refractivity contribution in [1.29, 1.82) is 0 Å². The fraction of sp³-hybridized carbons (Fsp3) is 0.125. The maximum atomic E-state index is 13.8. The molecule has 0 saturated heterocycles. The molecular formula is C24H17F3N4O3. The highest BCUT2D eigenvalue weighted by Crippen LogP contribution is 2.36. The lowest BCUT2D eigenvalue weighted by Crippen LogP contribution is -2.26. The summed E-state index contributed by atoms with van der Waals surface area (Å²) >= 11 is 0. The number of ether oxygens (including phenoxy) is 2. The van der Waals surface area contributed by atoms with Gasteiger partial charge in [0.25, 0.3) is 5.91 Å². The molecule has 34 heavy (non-hydrogen) atoms. The van der Waals surface area contributed by atoms with Crippen molar-refractivity contribution in [3.63, 3.8) is 0 Å². The largest absolute Gasteiger partial charge is 0.454 e. The summed E-state index contributed by atoms with van der Waals surface area (Å²) in [6.45, 7) is 0.102. The Morgan fingerprint density at radius 2 is 1.85 bits per heavy atom. The molecule has 7 nitrogen and oxygen atoms in total. The maximum absolute atomic E-state index is 13.8. The first-order valence-corrected chi connectivity index (χ1v) is 10.2. The van der Waals surface area contributed by atoms with E-state index in [1.165, 1.54) is 41.6 Å². The molecule has 4 aromatic rings. The highest BCUT2D eigenvalue weighted by atomic mass is 19.4. The van der Waals surface area contributed by atoms with E-state index >= 15 is 0 Å². The number of rotatable bonds is 4. The number of alkyl halides is 3. The van der Waals surface area contributed by atoms with Crippen molar-refractivity contribution in [3.8, 4) is 28.4 Å². The third kappa shape index (κ3) is 3.94. The summed E-state index contributed by atoms with van der Waals surface area (Å²) in [5.41, 5.74) is 0.460. The minimum atomic E-state index is -4.66. The van der Waals surface area contributed by atoms with Crippen LogP contribution in [0.15, 0.2) is 73.1 Å². The van der Waals surface area contributed by atoms with Crippen LogP contribution in [0.3, 0.4) is 0 Å². The molecule has 0 aliphatic carbocycles. The summed E-state index contributed by atoms with van der Waals surface area (Å²) in [4.78, 5) is 18.5. The molecule has 0 saturated carbocycles. The Kier molecular flexibility index (Phi) is 5.20. The summed E-state index contributed by atoms with van der Waals surface area (Å²) in [5.74, 6) is 0.684. The number of pyridine rings is 1. The Balaban J connectivity index is 1.50. The zero-order valence-electron chi connectivity index (χ0n) is 17.8. The van der Waals surface area contributed by atoms with Crippen molar-refractivity contribution in [3.05, 3.63) is 84.3 Å². The van der Waals surface area contributed by atoms with Crippen LogP contribution in [-0.2, 0) is 6.18 Å². The van der Waals surface area contributed by atoms with Crippen molar-refractivity contribution in [2.45, 2.75) is 6.18 Å². The molecule has 10 heteroatoms. The number of fused-ring (bicyclic) bond motifs is 1. The van der Waals surface area contributed by atoms with E-state index in [1.54, 1.807) is 37.4 Å². The maximum Gasteiger partial charge on any atom is 0.433 e. The SMILES string of the molecule is CN(C(=O)c1cccc(-n2nc(-c3cccnc3)cc2C(F)(F)F)c1)c1ccc2c(c1)OCO2. The van der Waals surface area contributed by atoms with Gasteiger partial charge in [-0.15, -0.1) is 0 Å². The van der Waals surface area contributed by atoms with E-state index in [0.717, 1.165) is 10.7 Å². The minimum absolute atomic E-state index is 0.102. The molecular weight excluding hydrogens is 449 g/mol. The highest BCUT2D eigenvalue weighted by molar-refractivity contribution is 6.06. The van der Waals surface area contributed by atoms with Gasteiger partial charge >= 0.3 is 6.18 Å². The lowest BCUT2D eigenvalue weighted by Gasteiger charge is -2.18. The van der Waals surface area contributed by atoms with Crippen LogP contribution < -0.4 is 14.4 Å². The monoisotopic (exact) mass is 466 g/mol. The van der Waals surface area contributed by atoms with Crippen LogP contribution in [-0.4, -0.2) is 34.5 Å². The zero-order chi connectivity index (χ0) is 23.9. The number of hydrogen-bond acceptors (Lipinski definition) is 5. The van der Waals surface area contributed by atoms with Gasteiger partial charge in [-0.05, 0) is 48.5 Å². The lowest BCUT2D eigenvalue weighted by atomic mass is 10.1. The second kappa shape index (κ2) is 8.22. The molecule has 0 atom stereocenters. The van der Waals surface area contributed by atoms with E-state index in [1.807, 2.05) is 0 Å². The molecule has 2 aromatic heterocycles. The summed E-state index contributed by atoms with van der Waals surface area (Å²) in [6.07, 6.45) is -1.69. The Labute approximate surface area is 192 Å². The lowest BCUT2D eigenvalue weighted by molar-refractivity contribution is -0.142. The van der Waals surface area contributed by atoms with Crippen molar-refractivity contribution in [2.24, 2.45) is 0 Å². The van der Waals surface area contributed by atoms with Crippen LogP contribution in [0.4, 0.5) is 18.9 Å². The number of aromatic nitrogens is 3. The fourth-order valence-corrected chi connectivity index (χ4v) is 3.61. The predicted octanol–water partition coefficient (Wildman–Crippen LogP) is 4.96. The average molecular weight is 466 g/mol. The summed E-state index contributed by atoms with van der Waals surface area (Å²) in [7, 11) is 1.57. The Bertz CT molecular complexity index is 1370. The van der Waals surface area contributed by atoms with Gasteiger partial charge in [-0.1, -0.05) is 6.07 Å². The standard InChI is InChI=1S/C24H17F3N4O3/c1-30(17-7-8-20-21(11-17)34-14-33-20)23(32)15-4-2-6-18(10-15)31-22(24(25,26)27)12-19(29-31)16-5-3-9-28-13-16/h2-13H,14H2,1H3. The first-order valence-electron chi connectivity index (χ1n) is 10.2. The van der Waals surface area contributed by atoms with Crippen LogP contribution in [0.25, 0.3) is 16.9 Å². The molecule has 5 rings (SSSR count). The number of hydrogen-bond donors (Lipinski definition) is 0. The molecule has 0 fully saturated rings. The second-order valence-electron chi connectivity index (χ2n) is 7.52. The number of carbonyl (C=O) groups excluding carboxylic acids is 1. The molecule has 1 amide bonds.